The predicted molar refractivity (Wildman–Crippen MR) is 76.2 cm³/mol. The molecular formula is C15H29N2O+. The molecule has 0 bridgehead atoms. The van der Waals surface area contributed by atoms with Gasteiger partial charge in [-0.1, -0.05) is 33.3 Å². The van der Waals surface area contributed by atoms with Crippen molar-refractivity contribution in [3.8, 4) is 0 Å². The SMILES string of the molecule is C=CC(=O)N[C@H]1C[N+](C)(CCCC)CCC1CC. The van der Waals surface area contributed by atoms with Gasteiger partial charge in [-0.2, -0.15) is 0 Å². The average molecular weight is 253 g/mol. The Morgan fingerprint density at radius 1 is 1.50 bits per heavy atom. The fourth-order valence-electron chi connectivity index (χ4n) is 3.03. The predicted octanol–water partition coefficient (Wildman–Crippen LogP) is 2.33. The lowest BCUT2D eigenvalue weighted by atomic mass is 9.87. The smallest absolute Gasteiger partial charge is 0.243 e. The first-order valence-corrected chi connectivity index (χ1v) is 7.31. The number of rotatable bonds is 6. The van der Waals surface area contributed by atoms with Gasteiger partial charge in [0.1, 0.15) is 0 Å². The molecule has 0 radical (unpaired) electrons. The highest BCUT2D eigenvalue weighted by molar-refractivity contribution is 5.87. The van der Waals surface area contributed by atoms with Crippen molar-refractivity contribution in [3.05, 3.63) is 12.7 Å². The highest BCUT2D eigenvalue weighted by atomic mass is 16.1. The van der Waals surface area contributed by atoms with Crippen molar-refractivity contribution in [3.63, 3.8) is 0 Å². The van der Waals surface area contributed by atoms with Crippen LogP contribution in [0, 0.1) is 5.92 Å². The second-order valence-corrected chi connectivity index (χ2v) is 5.88. The van der Waals surface area contributed by atoms with Crippen LogP contribution in [0.1, 0.15) is 39.5 Å². The lowest BCUT2D eigenvalue weighted by molar-refractivity contribution is -0.916. The Morgan fingerprint density at radius 2 is 2.22 bits per heavy atom. The van der Waals surface area contributed by atoms with Crippen molar-refractivity contribution in [1.29, 1.82) is 0 Å². The monoisotopic (exact) mass is 253 g/mol. The first kappa shape index (κ1) is 15.2. The molecule has 1 heterocycles. The maximum Gasteiger partial charge on any atom is 0.243 e. The molecule has 3 heteroatoms. The average Bonchev–Trinajstić information content (AvgIpc) is 2.36. The van der Waals surface area contributed by atoms with Crippen LogP contribution in [0.25, 0.3) is 0 Å². The number of nitrogens with one attached hydrogen (secondary N) is 1. The van der Waals surface area contributed by atoms with Crippen molar-refractivity contribution in [2.45, 2.75) is 45.6 Å². The molecule has 1 amide bonds. The van der Waals surface area contributed by atoms with Crippen LogP contribution in [0.4, 0.5) is 0 Å². The summed E-state index contributed by atoms with van der Waals surface area (Å²) in [6.07, 6.45) is 6.27. The molecular weight excluding hydrogens is 224 g/mol. The number of carbonyl (C=O) groups excluding carboxylic acids is 1. The molecule has 1 rings (SSSR count). The highest BCUT2D eigenvalue weighted by Gasteiger charge is 2.36. The van der Waals surface area contributed by atoms with E-state index in [1.165, 1.54) is 38.4 Å². The van der Waals surface area contributed by atoms with Crippen LogP contribution in [0.3, 0.4) is 0 Å². The van der Waals surface area contributed by atoms with Gasteiger partial charge in [0.2, 0.25) is 5.91 Å². The van der Waals surface area contributed by atoms with Crippen molar-refractivity contribution in [1.82, 2.24) is 5.32 Å². The molecule has 0 aromatic carbocycles. The van der Waals surface area contributed by atoms with Crippen LogP contribution in [-0.4, -0.2) is 43.1 Å². The number of likely N-dealkylation sites (tertiary alicyclic amines) is 1. The quantitative estimate of drug-likeness (QED) is 0.571. The Kier molecular flexibility index (Phi) is 5.86. The standard InChI is InChI=1S/C15H28N2O/c1-5-8-10-17(4)11-9-13(6-2)14(12-17)16-15(18)7-3/h7,13-14H,3,5-6,8-12H2,1-2,4H3/p+1/t13?,14-,17?/m0/s1. The molecule has 2 unspecified atom stereocenters. The lowest BCUT2D eigenvalue weighted by Crippen LogP contribution is -2.60. The second-order valence-electron chi connectivity index (χ2n) is 5.88. The summed E-state index contributed by atoms with van der Waals surface area (Å²) < 4.78 is 1.10. The molecule has 0 aromatic heterocycles. The maximum atomic E-state index is 11.5. The molecule has 1 aliphatic rings. The Morgan fingerprint density at radius 3 is 2.78 bits per heavy atom. The summed E-state index contributed by atoms with van der Waals surface area (Å²) in [5, 5.41) is 3.13. The molecule has 1 N–H and O–H groups in total. The third-order valence-corrected chi connectivity index (χ3v) is 4.34. The van der Waals surface area contributed by atoms with Crippen LogP contribution in [0.15, 0.2) is 12.7 Å². The zero-order valence-electron chi connectivity index (χ0n) is 12.2. The van der Waals surface area contributed by atoms with Crippen LogP contribution >= 0.6 is 0 Å². The van der Waals surface area contributed by atoms with E-state index < -0.39 is 0 Å². The summed E-state index contributed by atoms with van der Waals surface area (Å²) in [7, 11) is 2.33. The van der Waals surface area contributed by atoms with E-state index >= 15 is 0 Å². The normalized spacial score (nSPS) is 31.9. The van der Waals surface area contributed by atoms with E-state index in [4.69, 9.17) is 0 Å². The minimum absolute atomic E-state index is 0.0256. The number of hydrogen-bond donors (Lipinski definition) is 1. The van der Waals surface area contributed by atoms with Gasteiger partial charge in [0, 0.05) is 6.42 Å². The molecule has 0 saturated carbocycles. The van der Waals surface area contributed by atoms with E-state index in [-0.39, 0.29) is 5.91 Å². The molecule has 3 atom stereocenters. The summed E-state index contributed by atoms with van der Waals surface area (Å²) in [5.74, 6) is 0.601. The zero-order chi connectivity index (χ0) is 13.6. The van der Waals surface area contributed by atoms with Gasteiger partial charge in [-0.05, 0) is 18.4 Å². The van der Waals surface area contributed by atoms with Crippen molar-refractivity contribution < 1.29 is 9.28 Å². The largest absolute Gasteiger partial charge is 0.344 e. The number of hydrogen-bond acceptors (Lipinski definition) is 1. The van der Waals surface area contributed by atoms with Crippen molar-refractivity contribution in [2.75, 3.05) is 26.7 Å². The zero-order valence-corrected chi connectivity index (χ0v) is 12.2. The number of nitrogens with zero attached hydrogens (tertiary/aromatic N) is 1. The minimum Gasteiger partial charge on any atom is -0.344 e. The molecule has 18 heavy (non-hydrogen) atoms. The Hall–Kier alpha value is -0.830. The van der Waals surface area contributed by atoms with E-state index in [1.807, 2.05) is 0 Å². The van der Waals surface area contributed by atoms with E-state index in [1.54, 1.807) is 0 Å². The third kappa shape index (κ3) is 4.13. The lowest BCUT2D eigenvalue weighted by Gasteiger charge is -2.45. The number of likely N-dealkylation sites (N-methyl/N-ethyl adjacent to an activating group) is 1. The number of unbranched alkanes of at least 4 members (excludes halogenated alkanes) is 1. The van der Waals surface area contributed by atoms with E-state index in [0.717, 1.165) is 17.4 Å². The molecule has 0 spiro atoms. The molecule has 3 nitrogen and oxygen atoms in total. The van der Waals surface area contributed by atoms with Gasteiger partial charge < -0.3 is 9.80 Å². The van der Waals surface area contributed by atoms with Crippen molar-refractivity contribution >= 4 is 5.91 Å². The third-order valence-electron chi connectivity index (χ3n) is 4.34. The fourth-order valence-corrected chi connectivity index (χ4v) is 3.03. The van der Waals surface area contributed by atoms with Gasteiger partial charge in [0.05, 0.1) is 32.7 Å². The fraction of sp³-hybridized carbons (Fsp3) is 0.800. The van der Waals surface area contributed by atoms with E-state index in [9.17, 15) is 4.79 Å². The van der Waals surface area contributed by atoms with Crippen molar-refractivity contribution in [2.24, 2.45) is 5.92 Å². The van der Waals surface area contributed by atoms with Gasteiger partial charge in [-0.25, -0.2) is 0 Å². The molecule has 104 valence electrons. The van der Waals surface area contributed by atoms with E-state index in [2.05, 4.69) is 32.8 Å². The number of piperidine rings is 1. The summed E-state index contributed by atoms with van der Waals surface area (Å²) in [6, 6.07) is 0.316. The van der Waals surface area contributed by atoms with Crippen LogP contribution in [0.5, 0.6) is 0 Å². The Labute approximate surface area is 112 Å². The molecule has 0 aromatic rings. The summed E-state index contributed by atoms with van der Waals surface area (Å²) >= 11 is 0. The van der Waals surface area contributed by atoms with Gasteiger partial charge >= 0.3 is 0 Å². The first-order valence-electron chi connectivity index (χ1n) is 7.31. The Balaban J connectivity index is 2.64. The minimum atomic E-state index is -0.0256. The van der Waals surface area contributed by atoms with Gasteiger partial charge in [0.25, 0.3) is 0 Å². The number of quaternary nitrogens is 1. The second kappa shape index (κ2) is 6.93. The van der Waals surface area contributed by atoms with Gasteiger partial charge in [-0.15, -0.1) is 0 Å². The highest BCUT2D eigenvalue weighted by Crippen LogP contribution is 2.25. The summed E-state index contributed by atoms with van der Waals surface area (Å²) in [6.45, 7) is 11.6. The van der Waals surface area contributed by atoms with Crippen LogP contribution < -0.4 is 5.32 Å². The molecule has 1 aliphatic heterocycles. The molecule has 1 fully saturated rings. The Bertz CT molecular complexity index is 290. The molecule has 1 saturated heterocycles. The molecule has 0 aliphatic carbocycles. The number of amides is 1. The topological polar surface area (TPSA) is 29.1 Å². The maximum absolute atomic E-state index is 11.5. The number of carbonyl (C=O) groups is 1. The first-order chi connectivity index (χ1) is 8.54. The summed E-state index contributed by atoms with van der Waals surface area (Å²) in [5.41, 5.74) is 0. The summed E-state index contributed by atoms with van der Waals surface area (Å²) in [4.78, 5) is 11.5. The van der Waals surface area contributed by atoms with Gasteiger partial charge in [0.15, 0.2) is 0 Å². The van der Waals surface area contributed by atoms with Crippen LogP contribution in [0.2, 0.25) is 0 Å². The van der Waals surface area contributed by atoms with E-state index in [0.29, 0.717) is 12.0 Å². The van der Waals surface area contributed by atoms with Gasteiger partial charge in [-0.3, -0.25) is 4.79 Å². The van der Waals surface area contributed by atoms with Crippen LogP contribution in [-0.2, 0) is 4.79 Å².